The first-order valence-corrected chi connectivity index (χ1v) is 6.99. The molecule has 2 N–H and O–H groups in total. The van der Waals surface area contributed by atoms with Crippen molar-refractivity contribution in [3.05, 3.63) is 0 Å². The number of hydrogen-bond donors (Lipinski definition) is 2. The van der Waals surface area contributed by atoms with Gasteiger partial charge in [0.25, 0.3) is 0 Å². The molecule has 1 aliphatic rings. The van der Waals surface area contributed by atoms with Crippen LogP contribution in [0.15, 0.2) is 0 Å². The first-order chi connectivity index (χ1) is 7.58. The zero-order valence-corrected chi connectivity index (χ0v) is 11.4. The van der Waals surface area contributed by atoms with Gasteiger partial charge >= 0.3 is 0 Å². The van der Waals surface area contributed by atoms with E-state index >= 15 is 0 Å². The smallest absolute Gasteiger partial charge is 0.0692 e. The molecule has 1 atom stereocenters. The van der Waals surface area contributed by atoms with Gasteiger partial charge in [-0.3, -0.25) is 0 Å². The Labute approximate surface area is 101 Å². The van der Waals surface area contributed by atoms with Crippen molar-refractivity contribution in [2.24, 2.45) is 17.8 Å². The number of rotatable bonds is 7. The molecule has 1 rings (SSSR count). The molecule has 0 aromatic carbocycles. The van der Waals surface area contributed by atoms with Crippen molar-refractivity contribution in [3.63, 3.8) is 0 Å². The van der Waals surface area contributed by atoms with Gasteiger partial charge in [0.05, 0.1) is 6.10 Å². The second-order valence-electron chi connectivity index (χ2n) is 5.72. The second-order valence-corrected chi connectivity index (χ2v) is 5.72. The Morgan fingerprint density at radius 1 is 1.19 bits per heavy atom. The molecule has 0 aliphatic heterocycles. The highest BCUT2D eigenvalue weighted by Gasteiger charge is 2.31. The third-order valence-corrected chi connectivity index (χ3v) is 4.33. The molecule has 16 heavy (non-hydrogen) atoms. The highest BCUT2D eigenvalue weighted by atomic mass is 16.3. The predicted molar refractivity (Wildman–Crippen MR) is 69.4 cm³/mol. The highest BCUT2D eigenvalue weighted by molar-refractivity contribution is 4.87. The van der Waals surface area contributed by atoms with E-state index in [1.165, 1.54) is 12.8 Å². The van der Waals surface area contributed by atoms with Crippen LogP contribution in [0, 0.1) is 17.8 Å². The average molecular weight is 227 g/mol. The van der Waals surface area contributed by atoms with Gasteiger partial charge in [-0.1, -0.05) is 40.5 Å². The molecular weight excluding hydrogens is 198 g/mol. The molecule has 0 heterocycles. The average Bonchev–Trinajstić information content (AvgIpc) is 2.16. The van der Waals surface area contributed by atoms with E-state index in [2.05, 4.69) is 33.0 Å². The predicted octanol–water partition coefficient (Wildman–Crippen LogP) is 2.81. The van der Waals surface area contributed by atoms with Crippen molar-refractivity contribution in [3.8, 4) is 0 Å². The van der Waals surface area contributed by atoms with E-state index in [4.69, 9.17) is 0 Å². The van der Waals surface area contributed by atoms with Gasteiger partial charge in [0, 0.05) is 12.6 Å². The molecule has 0 aromatic heterocycles. The maximum atomic E-state index is 9.99. The van der Waals surface area contributed by atoms with E-state index in [-0.39, 0.29) is 6.10 Å². The summed E-state index contributed by atoms with van der Waals surface area (Å²) in [6.07, 6.45) is 4.60. The van der Waals surface area contributed by atoms with Crippen molar-refractivity contribution < 1.29 is 5.11 Å². The normalized spacial score (nSPS) is 27.2. The lowest BCUT2D eigenvalue weighted by Crippen LogP contribution is -2.46. The van der Waals surface area contributed by atoms with E-state index in [1.807, 2.05) is 0 Å². The van der Waals surface area contributed by atoms with Crippen molar-refractivity contribution in [1.82, 2.24) is 5.32 Å². The lowest BCUT2D eigenvalue weighted by Gasteiger charge is -2.39. The molecule has 0 saturated heterocycles. The summed E-state index contributed by atoms with van der Waals surface area (Å²) in [7, 11) is 0. The van der Waals surface area contributed by atoms with Crippen LogP contribution in [0.25, 0.3) is 0 Å². The van der Waals surface area contributed by atoms with E-state index < -0.39 is 0 Å². The minimum atomic E-state index is -0.159. The maximum absolute atomic E-state index is 9.99. The molecule has 1 aliphatic carbocycles. The van der Waals surface area contributed by atoms with Gasteiger partial charge in [0.15, 0.2) is 0 Å². The fraction of sp³-hybridized carbons (Fsp3) is 1.00. The van der Waals surface area contributed by atoms with Crippen LogP contribution in [0.3, 0.4) is 0 Å². The first kappa shape index (κ1) is 14.0. The molecular formula is C14H29NO. The molecule has 0 spiro atoms. The van der Waals surface area contributed by atoms with Crippen molar-refractivity contribution in [2.75, 3.05) is 6.54 Å². The van der Waals surface area contributed by atoms with Gasteiger partial charge in [-0.25, -0.2) is 0 Å². The molecule has 1 saturated carbocycles. The Morgan fingerprint density at radius 2 is 1.75 bits per heavy atom. The Kier molecular flexibility index (Phi) is 5.77. The number of aliphatic hydroxyl groups excluding tert-OH is 1. The van der Waals surface area contributed by atoms with Crippen LogP contribution in [0.4, 0.5) is 0 Å². The largest absolute Gasteiger partial charge is 0.392 e. The van der Waals surface area contributed by atoms with Crippen LogP contribution in [-0.2, 0) is 0 Å². The third-order valence-electron chi connectivity index (χ3n) is 4.33. The molecule has 96 valence electrons. The maximum Gasteiger partial charge on any atom is 0.0692 e. The summed E-state index contributed by atoms with van der Waals surface area (Å²) in [5.41, 5.74) is 0. The van der Waals surface area contributed by atoms with Crippen LogP contribution < -0.4 is 5.32 Å². The number of aliphatic hydroxyl groups is 1. The monoisotopic (exact) mass is 227 g/mol. The zero-order valence-electron chi connectivity index (χ0n) is 11.4. The number of hydrogen-bond acceptors (Lipinski definition) is 2. The second kappa shape index (κ2) is 6.61. The van der Waals surface area contributed by atoms with Crippen molar-refractivity contribution in [2.45, 2.75) is 65.5 Å². The van der Waals surface area contributed by atoms with Crippen LogP contribution in [-0.4, -0.2) is 23.8 Å². The van der Waals surface area contributed by atoms with E-state index in [1.54, 1.807) is 0 Å². The van der Waals surface area contributed by atoms with Crippen LogP contribution in [0.5, 0.6) is 0 Å². The van der Waals surface area contributed by atoms with Gasteiger partial charge in [-0.15, -0.1) is 0 Å². The highest BCUT2D eigenvalue weighted by Crippen LogP contribution is 2.33. The first-order valence-electron chi connectivity index (χ1n) is 6.99. The molecule has 1 unspecified atom stereocenters. The molecule has 2 nitrogen and oxygen atoms in total. The van der Waals surface area contributed by atoms with Gasteiger partial charge in [-0.05, 0) is 30.6 Å². The quantitative estimate of drug-likeness (QED) is 0.701. The van der Waals surface area contributed by atoms with Gasteiger partial charge in [0.2, 0.25) is 0 Å². The fourth-order valence-corrected chi connectivity index (χ4v) is 2.66. The Bertz CT molecular complexity index is 183. The SMILES string of the molecule is CCC(CC)C(O)CNC1CC(C(C)C)C1. The minimum absolute atomic E-state index is 0.159. The van der Waals surface area contributed by atoms with Gasteiger partial charge in [0.1, 0.15) is 0 Å². The summed E-state index contributed by atoms with van der Waals surface area (Å²) in [4.78, 5) is 0. The molecule has 0 radical (unpaired) electrons. The summed E-state index contributed by atoms with van der Waals surface area (Å²) in [6.45, 7) is 9.72. The summed E-state index contributed by atoms with van der Waals surface area (Å²) >= 11 is 0. The minimum Gasteiger partial charge on any atom is -0.392 e. The molecule has 2 heteroatoms. The molecule has 1 fully saturated rings. The Morgan fingerprint density at radius 3 is 2.19 bits per heavy atom. The third kappa shape index (κ3) is 3.74. The summed E-state index contributed by atoms with van der Waals surface area (Å²) in [6, 6.07) is 0.663. The van der Waals surface area contributed by atoms with Gasteiger partial charge < -0.3 is 10.4 Å². The van der Waals surface area contributed by atoms with Crippen LogP contribution >= 0.6 is 0 Å². The Hall–Kier alpha value is -0.0800. The zero-order chi connectivity index (χ0) is 12.1. The Balaban J connectivity index is 2.12. The number of nitrogens with one attached hydrogen (secondary N) is 1. The lowest BCUT2D eigenvalue weighted by atomic mass is 9.73. The van der Waals surface area contributed by atoms with Crippen molar-refractivity contribution >= 4 is 0 Å². The summed E-state index contributed by atoms with van der Waals surface area (Å²) in [5.74, 6) is 2.19. The topological polar surface area (TPSA) is 32.3 Å². The van der Waals surface area contributed by atoms with E-state index in [9.17, 15) is 5.11 Å². The van der Waals surface area contributed by atoms with E-state index in [0.717, 1.165) is 31.2 Å². The summed E-state index contributed by atoms with van der Waals surface area (Å²) < 4.78 is 0. The van der Waals surface area contributed by atoms with Gasteiger partial charge in [-0.2, -0.15) is 0 Å². The lowest BCUT2D eigenvalue weighted by molar-refractivity contribution is 0.0835. The van der Waals surface area contributed by atoms with E-state index in [0.29, 0.717) is 12.0 Å². The molecule has 0 amide bonds. The molecule has 0 bridgehead atoms. The van der Waals surface area contributed by atoms with Crippen LogP contribution in [0.1, 0.15) is 53.4 Å². The standard InChI is InChI=1S/C14H29NO/c1-5-11(6-2)14(16)9-15-13-7-12(8-13)10(3)4/h10-16H,5-9H2,1-4H3. The fourth-order valence-electron chi connectivity index (χ4n) is 2.66. The molecule has 0 aromatic rings. The van der Waals surface area contributed by atoms with Crippen LogP contribution in [0.2, 0.25) is 0 Å². The van der Waals surface area contributed by atoms with Crippen molar-refractivity contribution in [1.29, 1.82) is 0 Å². The summed E-state index contributed by atoms with van der Waals surface area (Å²) in [5, 5.41) is 13.5.